The average molecular weight is 504 g/mol. The number of hydrogen-bond donors (Lipinski definition) is 3. The molecule has 10 heteroatoms. The zero-order valence-corrected chi connectivity index (χ0v) is 20.5. The van der Waals surface area contributed by atoms with E-state index in [-0.39, 0.29) is 12.0 Å². The standard InChI is InChI=1S/C15H17F2N3O.C11H18N2O2/c16-15(17,11-4-2-1-3-5-11)7-6-12(19)13(21)20-14(10-18)8-9-14;14-10(15)13-7-11(8-13)3-5-12(6-4-11)9-1-2-9/h1-5,12H,6-9,19H2,(H,20,21);9H,1-8H2,(H,14,15)/t12-;/m0./s1. The highest BCUT2D eigenvalue weighted by atomic mass is 19.3. The molecule has 0 unspecified atom stereocenters. The summed E-state index contributed by atoms with van der Waals surface area (Å²) in [7, 11) is 0. The normalized spacial score (nSPS) is 22.9. The Morgan fingerprint density at radius 2 is 1.78 bits per heavy atom. The van der Waals surface area contributed by atoms with Gasteiger partial charge in [-0.2, -0.15) is 5.26 Å². The molecule has 2 aliphatic carbocycles. The van der Waals surface area contributed by atoms with E-state index in [0.29, 0.717) is 18.3 Å². The number of benzene rings is 1. The predicted octanol–water partition coefficient (Wildman–Crippen LogP) is 3.28. The van der Waals surface area contributed by atoms with Gasteiger partial charge in [-0.25, -0.2) is 13.6 Å². The van der Waals surface area contributed by atoms with Crippen LogP contribution >= 0.6 is 0 Å². The summed E-state index contributed by atoms with van der Waals surface area (Å²) in [6.45, 7) is 3.94. The number of hydrogen-bond acceptors (Lipinski definition) is 5. The van der Waals surface area contributed by atoms with Crippen molar-refractivity contribution in [2.45, 2.75) is 74.9 Å². The fourth-order valence-electron chi connectivity index (χ4n) is 5.03. The molecule has 4 aliphatic rings. The van der Waals surface area contributed by atoms with Gasteiger partial charge in [0, 0.05) is 36.5 Å². The highest BCUT2D eigenvalue weighted by Gasteiger charge is 2.48. The van der Waals surface area contributed by atoms with E-state index < -0.39 is 35.9 Å². The lowest BCUT2D eigenvalue weighted by molar-refractivity contribution is -0.123. The lowest BCUT2D eigenvalue weighted by Crippen LogP contribution is -2.61. The van der Waals surface area contributed by atoms with Crippen molar-refractivity contribution in [3.8, 4) is 6.07 Å². The van der Waals surface area contributed by atoms with Crippen LogP contribution in [-0.4, -0.2) is 70.7 Å². The second kappa shape index (κ2) is 10.3. The molecule has 1 spiro atoms. The van der Waals surface area contributed by atoms with Gasteiger partial charge in [-0.05, 0) is 58.0 Å². The summed E-state index contributed by atoms with van der Waals surface area (Å²) >= 11 is 0. The summed E-state index contributed by atoms with van der Waals surface area (Å²) in [6.07, 6.45) is 4.94. The molecule has 0 radical (unpaired) electrons. The number of alkyl halides is 2. The van der Waals surface area contributed by atoms with Crippen molar-refractivity contribution in [2.24, 2.45) is 11.1 Å². The molecule has 5 rings (SSSR count). The Bertz CT molecular complexity index is 975. The first-order valence-corrected chi connectivity index (χ1v) is 12.7. The number of nitrogens with two attached hydrogens (primary N) is 1. The molecule has 8 nitrogen and oxygen atoms in total. The Balaban J connectivity index is 0.000000178. The molecule has 1 aromatic rings. The highest BCUT2D eigenvalue weighted by Crippen LogP contribution is 2.42. The van der Waals surface area contributed by atoms with E-state index in [0.717, 1.165) is 19.1 Å². The van der Waals surface area contributed by atoms with Crippen LogP contribution in [0.4, 0.5) is 13.6 Å². The van der Waals surface area contributed by atoms with Crippen molar-refractivity contribution in [2.75, 3.05) is 26.2 Å². The van der Waals surface area contributed by atoms with E-state index in [9.17, 15) is 18.4 Å². The van der Waals surface area contributed by atoms with Crippen LogP contribution in [0, 0.1) is 16.7 Å². The van der Waals surface area contributed by atoms with Crippen molar-refractivity contribution in [3.05, 3.63) is 35.9 Å². The number of halogens is 2. The average Bonchev–Trinajstić information content (AvgIpc) is 3.78. The SMILES string of the molecule is N#CC1(NC(=O)[C@@H](N)CCC(F)(F)c2ccccc2)CC1.O=C(O)N1CC2(CCN(C3CC3)CC2)C1. The Morgan fingerprint density at radius 3 is 2.28 bits per heavy atom. The van der Waals surface area contributed by atoms with Crippen LogP contribution in [0.1, 0.15) is 56.9 Å². The second-order valence-corrected chi connectivity index (χ2v) is 10.8. The maximum absolute atomic E-state index is 14.0. The third-order valence-electron chi connectivity index (χ3n) is 7.87. The molecule has 2 heterocycles. The number of carboxylic acid groups (broad SMARTS) is 1. The van der Waals surface area contributed by atoms with Gasteiger partial charge in [0.1, 0.15) is 5.54 Å². The van der Waals surface area contributed by atoms with Crippen molar-refractivity contribution < 1.29 is 23.5 Å². The molecule has 4 N–H and O–H groups in total. The summed E-state index contributed by atoms with van der Waals surface area (Å²) in [5.74, 6) is -3.57. The van der Waals surface area contributed by atoms with E-state index >= 15 is 0 Å². The molecule has 36 heavy (non-hydrogen) atoms. The number of carbonyl (C=O) groups excluding carboxylic acids is 1. The number of likely N-dealkylation sites (tertiary alicyclic amines) is 2. The number of amides is 2. The topological polar surface area (TPSA) is 123 Å². The van der Waals surface area contributed by atoms with Crippen LogP contribution in [-0.2, 0) is 10.7 Å². The fourth-order valence-corrected chi connectivity index (χ4v) is 5.03. The van der Waals surface area contributed by atoms with E-state index in [1.807, 2.05) is 6.07 Å². The molecular weight excluding hydrogens is 468 g/mol. The molecule has 0 bridgehead atoms. The van der Waals surface area contributed by atoms with Gasteiger partial charge in [-0.1, -0.05) is 30.3 Å². The molecule has 4 fully saturated rings. The van der Waals surface area contributed by atoms with Gasteiger partial charge in [0.25, 0.3) is 5.92 Å². The van der Waals surface area contributed by atoms with Gasteiger partial charge in [-0.15, -0.1) is 0 Å². The molecule has 2 saturated carbocycles. The molecule has 2 amide bonds. The minimum absolute atomic E-state index is 0.0895. The maximum Gasteiger partial charge on any atom is 0.407 e. The van der Waals surface area contributed by atoms with Crippen molar-refractivity contribution >= 4 is 12.0 Å². The molecular formula is C26H35F2N5O3. The number of piperidine rings is 1. The van der Waals surface area contributed by atoms with Crippen LogP contribution in [0.15, 0.2) is 30.3 Å². The lowest BCUT2D eigenvalue weighted by atomic mass is 9.72. The van der Waals surface area contributed by atoms with E-state index in [2.05, 4.69) is 10.2 Å². The van der Waals surface area contributed by atoms with E-state index in [1.54, 1.807) is 23.1 Å². The first-order valence-electron chi connectivity index (χ1n) is 12.7. The Morgan fingerprint density at radius 1 is 1.17 bits per heavy atom. The van der Waals surface area contributed by atoms with Crippen LogP contribution < -0.4 is 11.1 Å². The smallest absolute Gasteiger partial charge is 0.407 e. The molecule has 196 valence electrons. The largest absolute Gasteiger partial charge is 0.465 e. The van der Waals surface area contributed by atoms with Crippen LogP contribution in [0.3, 0.4) is 0 Å². The van der Waals surface area contributed by atoms with Crippen molar-refractivity contribution in [1.82, 2.24) is 15.1 Å². The van der Waals surface area contributed by atoms with Gasteiger partial charge < -0.3 is 26.0 Å². The van der Waals surface area contributed by atoms with E-state index in [1.165, 1.54) is 50.9 Å². The van der Waals surface area contributed by atoms with Crippen LogP contribution in [0.2, 0.25) is 0 Å². The van der Waals surface area contributed by atoms with Crippen LogP contribution in [0.25, 0.3) is 0 Å². The van der Waals surface area contributed by atoms with Gasteiger partial charge >= 0.3 is 6.09 Å². The molecule has 1 atom stereocenters. The van der Waals surface area contributed by atoms with Gasteiger partial charge in [0.15, 0.2) is 0 Å². The van der Waals surface area contributed by atoms with E-state index in [4.69, 9.17) is 16.1 Å². The van der Waals surface area contributed by atoms with Crippen molar-refractivity contribution in [1.29, 1.82) is 5.26 Å². The van der Waals surface area contributed by atoms with Crippen LogP contribution in [0.5, 0.6) is 0 Å². The predicted molar refractivity (Wildman–Crippen MR) is 129 cm³/mol. The third kappa shape index (κ3) is 6.31. The molecule has 2 saturated heterocycles. The number of nitriles is 1. The minimum atomic E-state index is -3.02. The molecule has 2 aliphatic heterocycles. The molecule has 1 aromatic carbocycles. The summed E-state index contributed by atoms with van der Waals surface area (Å²) < 4.78 is 27.9. The maximum atomic E-state index is 14.0. The van der Waals surface area contributed by atoms with Gasteiger partial charge in [0.05, 0.1) is 12.1 Å². The summed E-state index contributed by atoms with van der Waals surface area (Å²) in [5, 5.41) is 20.2. The zero-order chi connectivity index (χ0) is 26.0. The summed E-state index contributed by atoms with van der Waals surface area (Å²) in [4.78, 5) is 26.6. The molecule has 0 aromatic heterocycles. The zero-order valence-electron chi connectivity index (χ0n) is 20.5. The number of nitrogens with one attached hydrogen (secondary N) is 1. The summed E-state index contributed by atoms with van der Waals surface area (Å²) in [5.41, 5.74) is 5.08. The first kappa shape index (κ1) is 26.3. The lowest BCUT2D eigenvalue weighted by Gasteiger charge is -2.53. The van der Waals surface area contributed by atoms with Gasteiger partial charge in [-0.3, -0.25) is 4.79 Å². The Kier molecular flexibility index (Phi) is 7.53. The highest BCUT2D eigenvalue weighted by molar-refractivity contribution is 5.83. The minimum Gasteiger partial charge on any atom is -0.465 e. The number of carbonyl (C=O) groups is 2. The first-order chi connectivity index (χ1) is 17.1. The second-order valence-electron chi connectivity index (χ2n) is 10.8. The van der Waals surface area contributed by atoms with Gasteiger partial charge in [0.2, 0.25) is 5.91 Å². The Hall–Kier alpha value is -2.77. The third-order valence-corrected chi connectivity index (χ3v) is 7.87. The monoisotopic (exact) mass is 503 g/mol. The Labute approximate surface area is 210 Å². The fraction of sp³-hybridized carbons (Fsp3) is 0.654. The quantitative estimate of drug-likeness (QED) is 0.525. The summed E-state index contributed by atoms with van der Waals surface area (Å²) in [6, 6.07) is 9.28. The number of nitrogens with zero attached hydrogens (tertiary/aromatic N) is 3. The van der Waals surface area contributed by atoms with Crippen molar-refractivity contribution in [3.63, 3.8) is 0 Å². The number of rotatable bonds is 7.